The van der Waals surface area contributed by atoms with Gasteiger partial charge in [-0.3, -0.25) is 0 Å². The zero-order chi connectivity index (χ0) is 12.6. The van der Waals surface area contributed by atoms with Gasteiger partial charge in [0, 0.05) is 12.6 Å². The van der Waals surface area contributed by atoms with Gasteiger partial charge in [-0.2, -0.15) is 0 Å². The van der Waals surface area contributed by atoms with E-state index in [0.717, 1.165) is 13.0 Å². The van der Waals surface area contributed by atoms with E-state index in [1.54, 1.807) is 12.1 Å². The predicted octanol–water partition coefficient (Wildman–Crippen LogP) is 4.02. The number of hydrogen-bond donors (Lipinski definition) is 0. The fourth-order valence-electron chi connectivity index (χ4n) is 2.07. The average Bonchev–Trinajstić information content (AvgIpc) is 2.95. The van der Waals surface area contributed by atoms with Crippen molar-refractivity contribution in [3.63, 3.8) is 0 Å². The highest BCUT2D eigenvalue weighted by Crippen LogP contribution is 2.37. The van der Waals surface area contributed by atoms with Crippen LogP contribution in [0.3, 0.4) is 0 Å². The summed E-state index contributed by atoms with van der Waals surface area (Å²) in [5.41, 5.74) is 0.458. The monoisotopic (exact) mass is 304 g/mol. The third-order valence-corrected chi connectivity index (χ3v) is 3.28. The maximum Gasteiger partial charge on any atom is 0.282 e. The summed E-state index contributed by atoms with van der Waals surface area (Å²) in [6, 6.07) is 3.83. The first-order valence-corrected chi connectivity index (χ1v) is 6.49. The number of anilines is 1. The second-order valence-corrected chi connectivity index (χ2v) is 5.59. The molecule has 2 nitrogen and oxygen atoms in total. The first kappa shape index (κ1) is 12.7. The second kappa shape index (κ2) is 4.88. The van der Waals surface area contributed by atoms with Gasteiger partial charge in [-0.05, 0) is 40.4 Å². The maximum absolute atomic E-state index is 12.9. The molecule has 0 amide bonds. The topological polar surface area (TPSA) is 15.9 Å². The fourth-order valence-corrected chi connectivity index (χ4v) is 2.39. The fraction of sp³-hybridized carbons (Fsp3) is 0.583. The molecule has 5 heteroatoms. The van der Waals surface area contributed by atoms with Crippen LogP contribution in [0.25, 0.3) is 0 Å². The summed E-state index contributed by atoms with van der Waals surface area (Å²) in [5.74, 6) is 0.586. The molecule has 0 spiro atoms. The summed E-state index contributed by atoms with van der Waals surface area (Å²) in [6.45, 7) is 5.15. The Labute approximate surface area is 108 Å². The van der Waals surface area contributed by atoms with Gasteiger partial charge in [0.25, 0.3) is 6.43 Å². The molecule has 94 valence electrons. The van der Waals surface area contributed by atoms with Crippen LogP contribution in [0.5, 0.6) is 0 Å². The zero-order valence-corrected chi connectivity index (χ0v) is 11.4. The van der Waals surface area contributed by atoms with Gasteiger partial charge in [-0.15, -0.1) is 0 Å². The number of pyridine rings is 1. The van der Waals surface area contributed by atoms with Crippen LogP contribution in [0, 0.1) is 5.92 Å². The van der Waals surface area contributed by atoms with Gasteiger partial charge in [-0.1, -0.05) is 13.8 Å². The summed E-state index contributed by atoms with van der Waals surface area (Å²) in [5, 5.41) is 0. The van der Waals surface area contributed by atoms with E-state index in [9.17, 15) is 8.78 Å². The third-order valence-electron chi connectivity index (χ3n) is 2.84. The van der Waals surface area contributed by atoms with E-state index in [4.69, 9.17) is 0 Å². The van der Waals surface area contributed by atoms with Crippen molar-refractivity contribution in [2.75, 3.05) is 11.4 Å². The van der Waals surface area contributed by atoms with Crippen molar-refractivity contribution in [3.8, 4) is 0 Å². The lowest BCUT2D eigenvalue weighted by molar-refractivity contribution is 0.146. The molecular weight excluding hydrogens is 290 g/mol. The van der Waals surface area contributed by atoms with E-state index in [0.29, 0.717) is 22.3 Å². The van der Waals surface area contributed by atoms with Crippen molar-refractivity contribution in [3.05, 3.63) is 22.4 Å². The molecular formula is C12H15BrF2N2. The Bertz CT molecular complexity index is 409. The van der Waals surface area contributed by atoms with E-state index >= 15 is 0 Å². The minimum Gasteiger partial charge on any atom is -0.363 e. The Morgan fingerprint density at radius 2 is 2.18 bits per heavy atom. The lowest BCUT2D eigenvalue weighted by atomic mass is 10.1. The summed E-state index contributed by atoms with van der Waals surface area (Å²) in [6.07, 6.45) is -1.48. The van der Waals surface area contributed by atoms with Gasteiger partial charge < -0.3 is 4.90 Å². The predicted molar refractivity (Wildman–Crippen MR) is 67.5 cm³/mol. The quantitative estimate of drug-likeness (QED) is 0.617. The molecule has 1 aromatic heterocycles. The lowest BCUT2D eigenvalue weighted by Crippen LogP contribution is -2.06. The van der Waals surface area contributed by atoms with E-state index in [-0.39, 0.29) is 5.69 Å². The SMILES string of the molecule is CC(C)CC1CN1c1ccc(Br)nc1C(F)F. The third kappa shape index (κ3) is 2.94. The molecule has 1 aliphatic heterocycles. The molecule has 1 fully saturated rings. The molecule has 1 aliphatic rings. The van der Waals surface area contributed by atoms with Crippen LogP contribution in [-0.4, -0.2) is 17.6 Å². The Hall–Kier alpha value is -0.710. The summed E-state index contributed by atoms with van der Waals surface area (Å²) < 4.78 is 26.2. The van der Waals surface area contributed by atoms with E-state index in [2.05, 4.69) is 34.8 Å². The molecule has 0 bridgehead atoms. The molecule has 0 N–H and O–H groups in total. The van der Waals surface area contributed by atoms with Crippen LogP contribution >= 0.6 is 15.9 Å². The van der Waals surface area contributed by atoms with Crippen molar-refractivity contribution in [2.24, 2.45) is 5.92 Å². The van der Waals surface area contributed by atoms with Crippen LogP contribution in [0.1, 0.15) is 32.4 Å². The Morgan fingerprint density at radius 1 is 1.47 bits per heavy atom. The second-order valence-electron chi connectivity index (χ2n) is 4.77. The molecule has 17 heavy (non-hydrogen) atoms. The minimum atomic E-state index is -2.53. The average molecular weight is 305 g/mol. The molecule has 1 aromatic rings. The number of alkyl halides is 2. The molecule has 0 radical (unpaired) electrons. The van der Waals surface area contributed by atoms with Crippen molar-refractivity contribution in [2.45, 2.75) is 32.7 Å². The molecule has 1 atom stereocenters. The smallest absolute Gasteiger partial charge is 0.282 e. The van der Waals surface area contributed by atoms with Crippen LogP contribution in [0.2, 0.25) is 0 Å². The first-order valence-electron chi connectivity index (χ1n) is 5.70. The summed E-state index contributed by atoms with van der Waals surface area (Å²) in [7, 11) is 0. The molecule has 0 aromatic carbocycles. The largest absolute Gasteiger partial charge is 0.363 e. The Morgan fingerprint density at radius 3 is 2.76 bits per heavy atom. The van der Waals surface area contributed by atoms with E-state index in [1.165, 1.54) is 0 Å². The van der Waals surface area contributed by atoms with Crippen molar-refractivity contribution < 1.29 is 8.78 Å². The van der Waals surface area contributed by atoms with E-state index < -0.39 is 6.43 Å². The molecule has 2 heterocycles. The normalized spacial score (nSPS) is 19.2. The van der Waals surface area contributed by atoms with E-state index in [1.807, 2.05) is 4.90 Å². The molecule has 1 unspecified atom stereocenters. The zero-order valence-electron chi connectivity index (χ0n) is 9.83. The van der Waals surface area contributed by atoms with Crippen molar-refractivity contribution in [1.29, 1.82) is 0 Å². The van der Waals surface area contributed by atoms with Gasteiger partial charge in [-0.25, -0.2) is 13.8 Å². The summed E-state index contributed by atoms with van der Waals surface area (Å²) >= 11 is 3.13. The van der Waals surface area contributed by atoms with Gasteiger partial charge in [0.05, 0.1) is 5.69 Å². The van der Waals surface area contributed by atoms with Gasteiger partial charge in [0.2, 0.25) is 0 Å². The number of rotatable bonds is 4. The van der Waals surface area contributed by atoms with Crippen molar-refractivity contribution in [1.82, 2.24) is 4.98 Å². The number of aromatic nitrogens is 1. The van der Waals surface area contributed by atoms with Gasteiger partial charge >= 0.3 is 0 Å². The Kier molecular flexibility index (Phi) is 3.66. The van der Waals surface area contributed by atoms with Gasteiger partial charge in [0.15, 0.2) is 0 Å². The Balaban J connectivity index is 2.17. The highest BCUT2D eigenvalue weighted by Gasteiger charge is 2.37. The lowest BCUT2D eigenvalue weighted by Gasteiger charge is -2.12. The van der Waals surface area contributed by atoms with Crippen LogP contribution in [0.15, 0.2) is 16.7 Å². The summed E-state index contributed by atoms with van der Waals surface area (Å²) in [4.78, 5) is 5.87. The van der Waals surface area contributed by atoms with Crippen LogP contribution in [0.4, 0.5) is 14.5 Å². The van der Waals surface area contributed by atoms with Crippen LogP contribution in [-0.2, 0) is 0 Å². The highest BCUT2D eigenvalue weighted by atomic mass is 79.9. The maximum atomic E-state index is 12.9. The minimum absolute atomic E-state index is 0.120. The highest BCUT2D eigenvalue weighted by molar-refractivity contribution is 9.10. The standard InChI is InChI=1S/C12H15BrF2N2/c1-7(2)5-8-6-17(8)9-3-4-10(13)16-11(9)12(14)15/h3-4,7-8,12H,5-6H2,1-2H3. The molecule has 0 saturated carbocycles. The number of hydrogen-bond acceptors (Lipinski definition) is 2. The van der Waals surface area contributed by atoms with Crippen molar-refractivity contribution >= 4 is 21.6 Å². The van der Waals surface area contributed by atoms with Crippen LogP contribution < -0.4 is 4.90 Å². The number of halogens is 3. The first-order chi connectivity index (χ1) is 7.99. The molecule has 1 saturated heterocycles. The van der Waals surface area contributed by atoms with Gasteiger partial charge in [0.1, 0.15) is 10.3 Å². The molecule has 2 rings (SSSR count). The molecule has 0 aliphatic carbocycles. The number of nitrogens with zero attached hydrogens (tertiary/aromatic N) is 2.